The molecule has 0 heterocycles. The molecule has 306 valence electrons. The van der Waals surface area contributed by atoms with Gasteiger partial charge < -0.3 is 29.5 Å². The van der Waals surface area contributed by atoms with Gasteiger partial charge in [0.25, 0.3) is 0 Å². The number of phenols is 3. The Hall–Kier alpha value is -4.32. The van der Waals surface area contributed by atoms with Crippen LogP contribution in [0.1, 0.15) is 170 Å². The summed E-state index contributed by atoms with van der Waals surface area (Å²) < 4.78 is 18.6. The van der Waals surface area contributed by atoms with Crippen molar-refractivity contribution in [3.8, 4) is 67.9 Å². The number of ether oxygens (including phenoxy) is 3. The van der Waals surface area contributed by atoms with Crippen molar-refractivity contribution in [2.24, 2.45) is 0 Å². The van der Waals surface area contributed by atoms with Crippen molar-refractivity contribution in [2.75, 3.05) is 19.8 Å². The minimum atomic E-state index is 0.172. The van der Waals surface area contributed by atoms with Gasteiger partial charge in [-0.25, -0.2) is 0 Å². The minimum Gasteiger partial charge on any atom is -0.504 e. The third-order valence-corrected chi connectivity index (χ3v) is 12.5. The highest BCUT2D eigenvalue weighted by molar-refractivity contribution is 6.01. The first-order chi connectivity index (χ1) is 27.9. The summed E-state index contributed by atoms with van der Waals surface area (Å²) in [7, 11) is 0. The van der Waals surface area contributed by atoms with E-state index in [-0.39, 0.29) is 17.2 Å². The van der Waals surface area contributed by atoms with Crippen LogP contribution in [0.15, 0.2) is 36.4 Å². The van der Waals surface area contributed by atoms with Gasteiger partial charge in [0.1, 0.15) is 0 Å². The van der Waals surface area contributed by atoms with E-state index in [1.54, 1.807) is 0 Å². The Morgan fingerprint density at radius 3 is 0.912 bits per heavy atom. The van der Waals surface area contributed by atoms with Gasteiger partial charge in [-0.1, -0.05) is 117 Å². The summed E-state index contributed by atoms with van der Waals surface area (Å²) >= 11 is 0. The highest BCUT2D eigenvalue weighted by atomic mass is 16.5. The van der Waals surface area contributed by atoms with Crippen LogP contribution in [-0.2, 0) is 19.3 Å². The number of unbranched alkanes of at least 4 members (excludes halogenated alkanes) is 15. The maximum absolute atomic E-state index is 11.4. The summed E-state index contributed by atoms with van der Waals surface area (Å²) in [6.45, 7) is 8.48. The van der Waals surface area contributed by atoms with Gasteiger partial charge in [0.2, 0.25) is 0 Å². The van der Waals surface area contributed by atoms with Crippen LogP contribution in [0, 0.1) is 0 Å². The number of phenolic OH excluding ortho intramolecular Hbond substituents is 3. The van der Waals surface area contributed by atoms with Crippen LogP contribution in [0.4, 0.5) is 0 Å². The van der Waals surface area contributed by atoms with Gasteiger partial charge in [-0.2, -0.15) is 0 Å². The molecular weight excluding hydrogens is 709 g/mol. The molecule has 0 unspecified atom stereocenters. The van der Waals surface area contributed by atoms with Crippen LogP contribution in [-0.4, -0.2) is 35.1 Å². The maximum Gasteiger partial charge on any atom is 0.161 e. The van der Waals surface area contributed by atoms with Gasteiger partial charge in [0, 0.05) is 0 Å². The van der Waals surface area contributed by atoms with E-state index in [1.807, 2.05) is 18.2 Å². The molecule has 3 aliphatic rings. The summed E-state index contributed by atoms with van der Waals surface area (Å²) in [6.07, 6.45) is 23.5. The molecule has 57 heavy (non-hydrogen) atoms. The third kappa shape index (κ3) is 9.06. The first kappa shape index (κ1) is 40.9. The minimum absolute atomic E-state index is 0.172. The number of hydrogen-bond acceptors (Lipinski definition) is 6. The fourth-order valence-corrected chi connectivity index (χ4v) is 9.51. The molecule has 0 saturated heterocycles. The van der Waals surface area contributed by atoms with E-state index in [1.165, 1.54) is 93.7 Å². The number of rotatable bonds is 24. The molecular formula is C51H66O6. The summed E-state index contributed by atoms with van der Waals surface area (Å²) in [5, 5.41) is 34.1. The van der Waals surface area contributed by atoms with E-state index >= 15 is 0 Å². The number of hydrogen-bond donors (Lipinski definition) is 3. The molecule has 0 amide bonds. The van der Waals surface area contributed by atoms with Crippen LogP contribution in [0.3, 0.4) is 0 Å². The SMILES string of the molecule is CCCCCCCCOc1cc2c(cc1O)-c1c(c3c(c4c1Cc1cc(OCCCCCCCC)c(O)cc1-4)Cc1cc(OCCCCCCCC)c(O)cc1-3)C2. The molecule has 6 nitrogen and oxygen atoms in total. The second-order valence-electron chi connectivity index (χ2n) is 16.9. The lowest BCUT2D eigenvalue weighted by Crippen LogP contribution is -1.98. The van der Waals surface area contributed by atoms with Crippen LogP contribution in [0.2, 0.25) is 0 Å². The molecule has 0 atom stereocenters. The Balaban J connectivity index is 1.19. The van der Waals surface area contributed by atoms with Crippen molar-refractivity contribution in [2.45, 2.75) is 156 Å². The lowest BCUT2D eigenvalue weighted by molar-refractivity contribution is 0.288. The first-order valence-corrected chi connectivity index (χ1v) is 22.6. The smallest absolute Gasteiger partial charge is 0.161 e. The molecule has 4 aromatic rings. The molecule has 0 saturated carbocycles. The zero-order chi connectivity index (χ0) is 39.7. The van der Waals surface area contributed by atoms with Crippen molar-refractivity contribution in [3.63, 3.8) is 0 Å². The molecule has 6 heteroatoms. The first-order valence-electron chi connectivity index (χ1n) is 22.6. The molecule has 0 radical (unpaired) electrons. The van der Waals surface area contributed by atoms with Crippen LogP contribution >= 0.6 is 0 Å². The van der Waals surface area contributed by atoms with E-state index in [9.17, 15) is 15.3 Å². The van der Waals surface area contributed by atoms with Gasteiger partial charge in [0.05, 0.1) is 19.8 Å². The van der Waals surface area contributed by atoms with Gasteiger partial charge in [-0.3, -0.25) is 0 Å². The largest absolute Gasteiger partial charge is 0.504 e. The summed E-state index contributed by atoms with van der Waals surface area (Å²) in [5.41, 5.74) is 13.8. The van der Waals surface area contributed by atoms with Crippen LogP contribution < -0.4 is 14.2 Å². The Morgan fingerprint density at radius 1 is 0.368 bits per heavy atom. The maximum atomic E-state index is 11.4. The number of benzene rings is 4. The lowest BCUT2D eigenvalue weighted by Gasteiger charge is -2.17. The van der Waals surface area contributed by atoms with Crippen molar-refractivity contribution in [3.05, 3.63) is 69.8 Å². The monoisotopic (exact) mass is 774 g/mol. The van der Waals surface area contributed by atoms with Crippen LogP contribution in [0.25, 0.3) is 33.4 Å². The van der Waals surface area contributed by atoms with Crippen molar-refractivity contribution in [1.29, 1.82) is 0 Å². The molecule has 0 fully saturated rings. The third-order valence-electron chi connectivity index (χ3n) is 12.5. The molecule has 0 bridgehead atoms. The van der Waals surface area contributed by atoms with Crippen LogP contribution in [0.5, 0.6) is 34.5 Å². The zero-order valence-electron chi connectivity index (χ0n) is 35.0. The molecule has 3 aliphatic carbocycles. The highest BCUT2D eigenvalue weighted by Gasteiger charge is 2.38. The quantitative estimate of drug-likeness (QED) is 0.0530. The molecule has 0 spiro atoms. The average molecular weight is 775 g/mol. The highest BCUT2D eigenvalue weighted by Crippen LogP contribution is 2.59. The zero-order valence-corrected chi connectivity index (χ0v) is 35.0. The summed E-state index contributed by atoms with van der Waals surface area (Å²) in [5.74, 6) is 2.17. The van der Waals surface area contributed by atoms with Gasteiger partial charge in [-0.05, 0) is 142 Å². The topological polar surface area (TPSA) is 88.4 Å². The lowest BCUT2D eigenvalue weighted by atomic mass is 9.86. The van der Waals surface area contributed by atoms with E-state index in [0.29, 0.717) is 37.1 Å². The normalized spacial score (nSPS) is 12.9. The second kappa shape index (κ2) is 19.4. The molecule has 3 N–H and O–H groups in total. The Morgan fingerprint density at radius 2 is 0.632 bits per heavy atom. The van der Waals surface area contributed by atoms with Gasteiger partial charge >= 0.3 is 0 Å². The predicted octanol–water partition coefficient (Wildman–Crippen LogP) is 13.7. The number of aromatic hydroxyl groups is 3. The summed E-state index contributed by atoms with van der Waals surface area (Å²) in [4.78, 5) is 0. The number of fused-ring (bicyclic) bond motifs is 12. The van der Waals surface area contributed by atoms with E-state index in [2.05, 4.69) is 39.0 Å². The molecule has 0 aliphatic heterocycles. The fourth-order valence-electron chi connectivity index (χ4n) is 9.51. The Labute approximate surface area is 341 Å². The van der Waals surface area contributed by atoms with Crippen molar-refractivity contribution >= 4 is 0 Å². The second-order valence-corrected chi connectivity index (χ2v) is 16.9. The molecule has 0 aromatic heterocycles. The molecule has 4 aromatic carbocycles. The average Bonchev–Trinajstić information content (AvgIpc) is 3.87. The van der Waals surface area contributed by atoms with Crippen molar-refractivity contribution < 1.29 is 29.5 Å². The Kier molecular flexibility index (Phi) is 13.9. The molecule has 7 rings (SSSR count). The Bertz CT molecular complexity index is 1760. The van der Waals surface area contributed by atoms with Crippen molar-refractivity contribution in [1.82, 2.24) is 0 Å². The standard InChI is InChI=1S/C51H66O6/c1-4-7-10-13-16-19-22-55-46-28-34-25-40-49(37(34)31-43(46)52)41-26-35-29-47(56-23-20-17-14-11-8-5-2)45(54)33-39(35)51(41)42-27-36-30-48(44(53)32-38(36)50(40)42)57-24-21-18-15-12-9-6-3/h28-33,52-54H,4-27H2,1-3H3. The summed E-state index contributed by atoms with van der Waals surface area (Å²) in [6, 6.07) is 11.9. The van der Waals surface area contributed by atoms with Gasteiger partial charge in [0.15, 0.2) is 34.5 Å². The van der Waals surface area contributed by atoms with Gasteiger partial charge in [-0.15, -0.1) is 0 Å². The van der Waals surface area contributed by atoms with E-state index in [4.69, 9.17) is 14.2 Å². The predicted molar refractivity (Wildman–Crippen MR) is 233 cm³/mol. The van der Waals surface area contributed by atoms with E-state index < -0.39 is 0 Å². The fraction of sp³-hybridized carbons (Fsp3) is 0.529. The van der Waals surface area contributed by atoms with E-state index in [0.717, 1.165) is 108 Å².